The SMILES string of the molecule is NCCCc1cccc(OC2CC2)c1. The Labute approximate surface area is 85.1 Å². The standard InChI is InChI=1S/C12H17NO/c13-8-2-4-10-3-1-5-12(9-10)14-11-6-7-11/h1,3,5,9,11H,2,4,6-8,13H2. The lowest BCUT2D eigenvalue weighted by Gasteiger charge is -2.06. The minimum atomic E-state index is 0.486. The molecule has 0 spiro atoms. The first kappa shape index (κ1) is 9.53. The lowest BCUT2D eigenvalue weighted by atomic mass is 10.1. The highest BCUT2D eigenvalue weighted by Crippen LogP contribution is 2.27. The molecule has 1 saturated carbocycles. The van der Waals surface area contributed by atoms with E-state index in [1.54, 1.807) is 0 Å². The van der Waals surface area contributed by atoms with E-state index < -0.39 is 0 Å². The van der Waals surface area contributed by atoms with Gasteiger partial charge in [0, 0.05) is 0 Å². The maximum Gasteiger partial charge on any atom is 0.119 e. The van der Waals surface area contributed by atoms with Crippen LogP contribution >= 0.6 is 0 Å². The Balaban J connectivity index is 1.94. The minimum absolute atomic E-state index is 0.486. The molecule has 0 aromatic heterocycles. The molecule has 0 heterocycles. The molecule has 2 N–H and O–H groups in total. The fourth-order valence-electron chi connectivity index (χ4n) is 1.46. The molecule has 1 aliphatic rings. The molecule has 0 amide bonds. The molecule has 76 valence electrons. The lowest BCUT2D eigenvalue weighted by molar-refractivity contribution is 0.303. The van der Waals surface area contributed by atoms with E-state index in [1.165, 1.54) is 18.4 Å². The van der Waals surface area contributed by atoms with Crippen LogP contribution in [0.15, 0.2) is 24.3 Å². The van der Waals surface area contributed by atoms with Gasteiger partial charge in [0.2, 0.25) is 0 Å². The topological polar surface area (TPSA) is 35.2 Å². The number of hydrogen-bond donors (Lipinski definition) is 1. The largest absolute Gasteiger partial charge is 0.490 e. The molecular weight excluding hydrogens is 174 g/mol. The van der Waals surface area contributed by atoms with Crippen molar-refractivity contribution in [3.8, 4) is 5.75 Å². The zero-order valence-corrected chi connectivity index (χ0v) is 8.41. The summed E-state index contributed by atoms with van der Waals surface area (Å²) in [6.07, 6.45) is 5.02. The van der Waals surface area contributed by atoms with Crippen LogP contribution in [0.25, 0.3) is 0 Å². The molecule has 14 heavy (non-hydrogen) atoms. The molecule has 2 nitrogen and oxygen atoms in total. The van der Waals surface area contributed by atoms with Crippen LogP contribution in [-0.4, -0.2) is 12.6 Å². The van der Waals surface area contributed by atoms with Crippen LogP contribution in [0.3, 0.4) is 0 Å². The second-order valence-corrected chi connectivity index (χ2v) is 3.86. The quantitative estimate of drug-likeness (QED) is 0.773. The number of rotatable bonds is 5. The van der Waals surface area contributed by atoms with Gasteiger partial charge in [0.1, 0.15) is 5.75 Å². The lowest BCUT2D eigenvalue weighted by Crippen LogP contribution is -2.01. The van der Waals surface area contributed by atoms with Gasteiger partial charge >= 0.3 is 0 Å². The van der Waals surface area contributed by atoms with Gasteiger partial charge < -0.3 is 10.5 Å². The molecule has 1 aromatic carbocycles. The first-order valence-corrected chi connectivity index (χ1v) is 5.34. The van der Waals surface area contributed by atoms with E-state index >= 15 is 0 Å². The van der Waals surface area contributed by atoms with E-state index in [2.05, 4.69) is 18.2 Å². The van der Waals surface area contributed by atoms with Crippen molar-refractivity contribution < 1.29 is 4.74 Å². The second kappa shape index (κ2) is 4.47. The Morgan fingerprint density at radius 1 is 1.36 bits per heavy atom. The van der Waals surface area contributed by atoms with Gasteiger partial charge in [-0.3, -0.25) is 0 Å². The first-order valence-electron chi connectivity index (χ1n) is 5.34. The predicted octanol–water partition coefficient (Wildman–Crippen LogP) is 2.12. The van der Waals surface area contributed by atoms with Crippen LogP contribution in [0, 0.1) is 0 Å². The zero-order chi connectivity index (χ0) is 9.80. The van der Waals surface area contributed by atoms with E-state index in [0.717, 1.165) is 25.1 Å². The van der Waals surface area contributed by atoms with Gasteiger partial charge in [-0.2, -0.15) is 0 Å². The van der Waals surface area contributed by atoms with Crippen molar-refractivity contribution in [2.24, 2.45) is 5.73 Å². The van der Waals surface area contributed by atoms with E-state index in [9.17, 15) is 0 Å². The number of benzene rings is 1. The van der Waals surface area contributed by atoms with E-state index in [1.807, 2.05) is 6.07 Å². The van der Waals surface area contributed by atoms with E-state index in [4.69, 9.17) is 10.5 Å². The molecule has 0 atom stereocenters. The molecule has 2 rings (SSSR count). The third-order valence-electron chi connectivity index (χ3n) is 2.40. The number of aryl methyl sites for hydroxylation is 1. The third-order valence-corrected chi connectivity index (χ3v) is 2.40. The van der Waals surface area contributed by atoms with Crippen LogP contribution < -0.4 is 10.5 Å². The smallest absolute Gasteiger partial charge is 0.119 e. The molecule has 0 unspecified atom stereocenters. The van der Waals surface area contributed by atoms with Gasteiger partial charge in [-0.15, -0.1) is 0 Å². The summed E-state index contributed by atoms with van der Waals surface area (Å²) in [5, 5.41) is 0. The number of hydrogen-bond acceptors (Lipinski definition) is 2. The normalized spacial score (nSPS) is 15.5. The molecule has 1 fully saturated rings. The van der Waals surface area contributed by atoms with Crippen LogP contribution in [0.5, 0.6) is 5.75 Å². The van der Waals surface area contributed by atoms with Gasteiger partial charge in [-0.05, 0) is 49.9 Å². The summed E-state index contributed by atoms with van der Waals surface area (Å²) in [5.41, 5.74) is 6.80. The average molecular weight is 191 g/mol. The summed E-state index contributed by atoms with van der Waals surface area (Å²) in [6, 6.07) is 8.36. The highest BCUT2D eigenvalue weighted by molar-refractivity contribution is 5.29. The van der Waals surface area contributed by atoms with Gasteiger partial charge in [-0.25, -0.2) is 0 Å². The Bertz CT molecular complexity index is 294. The molecule has 0 saturated heterocycles. The molecule has 1 aliphatic carbocycles. The molecule has 0 aliphatic heterocycles. The summed E-state index contributed by atoms with van der Waals surface area (Å²) in [4.78, 5) is 0. The van der Waals surface area contributed by atoms with Gasteiger partial charge in [0.05, 0.1) is 6.10 Å². The average Bonchev–Trinajstić information content (AvgIpc) is 2.99. The predicted molar refractivity (Wildman–Crippen MR) is 57.5 cm³/mol. The summed E-state index contributed by atoms with van der Waals surface area (Å²) in [7, 11) is 0. The van der Waals surface area contributed by atoms with Crippen LogP contribution in [-0.2, 0) is 6.42 Å². The monoisotopic (exact) mass is 191 g/mol. The fraction of sp³-hybridized carbons (Fsp3) is 0.500. The van der Waals surface area contributed by atoms with Crippen LogP contribution in [0.4, 0.5) is 0 Å². The van der Waals surface area contributed by atoms with Crippen molar-refractivity contribution in [2.75, 3.05) is 6.54 Å². The van der Waals surface area contributed by atoms with Crippen molar-refractivity contribution in [3.05, 3.63) is 29.8 Å². The molecule has 1 aromatic rings. The third kappa shape index (κ3) is 2.74. The maximum absolute atomic E-state index is 5.71. The molecular formula is C12H17NO. The van der Waals surface area contributed by atoms with Crippen LogP contribution in [0.1, 0.15) is 24.8 Å². The van der Waals surface area contributed by atoms with Gasteiger partial charge in [0.25, 0.3) is 0 Å². The molecule has 0 radical (unpaired) electrons. The van der Waals surface area contributed by atoms with Crippen molar-refractivity contribution in [2.45, 2.75) is 31.8 Å². The zero-order valence-electron chi connectivity index (χ0n) is 8.41. The van der Waals surface area contributed by atoms with Gasteiger partial charge in [0.15, 0.2) is 0 Å². The number of nitrogens with two attached hydrogens (primary N) is 1. The summed E-state index contributed by atoms with van der Waals surface area (Å²) in [6.45, 7) is 0.758. The highest BCUT2D eigenvalue weighted by atomic mass is 16.5. The van der Waals surface area contributed by atoms with E-state index in [-0.39, 0.29) is 0 Å². The van der Waals surface area contributed by atoms with Crippen molar-refractivity contribution in [1.29, 1.82) is 0 Å². The Hall–Kier alpha value is -1.02. The van der Waals surface area contributed by atoms with Crippen molar-refractivity contribution >= 4 is 0 Å². The molecule has 2 heteroatoms. The number of ether oxygens (including phenoxy) is 1. The van der Waals surface area contributed by atoms with Crippen LogP contribution in [0.2, 0.25) is 0 Å². The summed E-state index contributed by atoms with van der Waals surface area (Å²) >= 11 is 0. The summed E-state index contributed by atoms with van der Waals surface area (Å²) in [5.74, 6) is 1.02. The summed E-state index contributed by atoms with van der Waals surface area (Å²) < 4.78 is 5.71. The highest BCUT2D eigenvalue weighted by Gasteiger charge is 2.23. The first-order chi connectivity index (χ1) is 6.88. The second-order valence-electron chi connectivity index (χ2n) is 3.86. The van der Waals surface area contributed by atoms with E-state index in [0.29, 0.717) is 6.10 Å². The maximum atomic E-state index is 5.71. The van der Waals surface area contributed by atoms with Crippen molar-refractivity contribution in [3.63, 3.8) is 0 Å². The minimum Gasteiger partial charge on any atom is -0.490 e. The fourth-order valence-corrected chi connectivity index (χ4v) is 1.46. The Morgan fingerprint density at radius 2 is 2.21 bits per heavy atom. The Kier molecular flexibility index (Phi) is 3.04. The molecule has 0 bridgehead atoms. The van der Waals surface area contributed by atoms with Crippen molar-refractivity contribution in [1.82, 2.24) is 0 Å². The Morgan fingerprint density at radius 3 is 2.93 bits per heavy atom. The van der Waals surface area contributed by atoms with Gasteiger partial charge in [-0.1, -0.05) is 12.1 Å².